The number of carbonyl (C=O) groups excluding carboxylic acids is 1. The smallest absolute Gasteiger partial charge is 0.253 e. The maximum absolute atomic E-state index is 12.1. The van der Waals surface area contributed by atoms with Crippen LogP contribution in [0.4, 0.5) is 0 Å². The predicted octanol–water partition coefficient (Wildman–Crippen LogP) is 3.70. The maximum Gasteiger partial charge on any atom is 0.253 e. The van der Waals surface area contributed by atoms with Crippen molar-refractivity contribution in [3.05, 3.63) is 65.2 Å². The largest absolute Gasteiger partial charge is 0.494 e. The number of hydrogen-bond donors (Lipinski definition) is 2. The molecule has 30 heavy (non-hydrogen) atoms. The van der Waals surface area contributed by atoms with E-state index in [0.29, 0.717) is 18.7 Å². The molecule has 2 N–H and O–H groups in total. The summed E-state index contributed by atoms with van der Waals surface area (Å²) in [7, 11) is 3.53. The zero-order valence-electron chi connectivity index (χ0n) is 18.3. The van der Waals surface area contributed by atoms with Crippen molar-refractivity contribution < 1.29 is 9.53 Å². The molecular weight excluding hydrogens is 491 g/mol. The standard InChI is InChI=1S/C23H32N4O2.HI/c1-5-24-23(26-17-19-10-8-12-21(16-19)29-6-2)25-14-13-18-9-7-11-20(15-18)22(28)27(3)4;/h7-12,15-16H,5-6,13-14,17H2,1-4H3,(H2,24,25,26);1H. The number of aliphatic imine (C=N–C) groups is 1. The second kappa shape index (κ2) is 13.8. The molecule has 0 bridgehead atoms. The number of guanidine groups is 1. The fraction of sp³-hybridized carbons (Fsp3) is 0.391. The van der Waals surface area contributed by atoms with Crippen molar-refractivity contribution in [3.63, 3.8) is 0 Å². The van der Waals surface area contributed by atoms with E-state index in [0.717, 1.165) is 42.3 Å². The number of amides is 1. The molecule has 2 aromatic carbocycles. The Morgan fingerprint density at radius 2 is 1.77 bits per heavy atom. The van der Waals surface area contributed by atoms with Gasteiger partial charge in [0, 0.05) is 32.7 Å². The van der Waals surface area contributed by atoms with E-state index in [4.69, 9.17) is 4.74 Å². The lowest BCUT2D eigenvalue weighted by Crippen LogP contribution is -2.38. The molecular formula is C23H33IN4O2. The maximum atomic E-state index is 12.1. The lowest BCUT2D eigenvalue weighted by atomic mass is 10.1. The second-order valence-electron chi connectivity index (χ2n) is 6.85. The molecule has 0 aliphatic rings. The van der Waals surface area contributed by atoms with Gasteiger partial charge in [0.2, 0.25) is 0 Å². The molecule has 0 spiro atoms. The molecule has 0 aromatic heterocycles. The van der Waals surface area contributed by atoms with Crippen molar-refractivity contribution >= 4 is 35.8 Å². The lowest BCUT2D eigenvalue weighted by molar-refractivity contribution is 0.0827. The second-order valence-corrected chi connectivity index (χ2v) is 6.85. The summed E-state index contributed by atoms with van der Waals surface area (Å²) < 4.78 is 5.55. The van der Waals surface area contributed by atoms with Gasteiger partial charge in [-0.05, 0) is 55.7 Å². The number of rotatable bonds is 9. The Bertz CT molecular complexity index is 824. The molecule has 0 unspecified atom stereocenters. The van der Waals surface area contributed by atoms with E-state index < -0.39 is 0 Å². The molecule has 0 saturated heterocycles. The first-order chi connectivity index (χ1) is 14.0. The Morgan fingerprint density at radius 3 is 2.47 bits per heavy atom. The monoisotopic (exact) mass is 524 g/mol. The third kappa shape index (κ3) is 8.61. The minimum atomic E-state index is 0. The summed E-state index contributed by atoms with van der Waals surface area (Å²) in [6, 6.07) is 15.8. The molecule has 1 amide bonds. The van der Waals surface area contributed by atoms with Crippen LogP contribution in [0.1, 0.15) is 35.3 Å². The van der Waals surface area contributed by atoms with Crippen molar-refractivity contribution in [2.45, 2.75) is 26.8 Å². The van der Waals surface area contributed by atoms with E-state index in [2.05, 4.69) is 15.6 Å². The summed E-state index contributed by atoms with van der Waals surface area (Å²) in [5.41, 5.74) is 2.93. The molecule has 0 saturated carbocycles. The molecule has 0 heterocycles. The van der Waals surface area contributed by atoms with Gasteiger partial charge < -0.3 is 20.3 Å². The SMILES string of the molecule is CCNC(=NCc1cccc(OCC)c1)NCCc1cccc(C(=O)N(C)C)c1.I. The van der Waals surface area contributed by atoms with Crippen molar-refractivity contribution in [3.8, 4) is 5.75 Å². The number of nitrogens with one attached hydrogen (secondary N) is 2. The van der Waals surface area contributed by atoms with E-state index in [1.54, 1.807) is 19.0 Å². The van der Waals surface area contributed by atoms with Gasteiger partial charge in [-0.15, -0.1) is 24.0 Å². The zero-order valence-corrected chi connectivity index (χ0v) is 20.6. The highest BCUT2D eigenvalue weighted by atomic mass is 127. The van der Waals surface area contributed by atoms with Gasteiger partial charge in [-0.1, -0.05) is 24.3 Å². The van der Waals surface area contributed by atoms with E-state index in [-0.39, 0.29) is 29.9 Å². The van der Waals surface area contributed by atoms with Gasteiger partial charge >= 0.3 is 0 Å². The Morgan fingerprint density at radius 1 is 1.03 bits per heavy atom. The van der Waals surface area contributed by atoms with Crippen molar-refractivity contribution in [1.82, 2.24) is 15.5 Å². The third-order valence-electron chi connectivity index (χ3n) is 4.26. The highest BCUT2D eigenvalue weighted by molar-refractivity contribution is 14.0. The van der Waals surface area contributed by atoms with Gasteiger partial charge in [0.15, 0.2) is 5.96 Å². The van der Waals surface area contributed by atoms with Gasteiger partial charge in [0.25, 0.3) is 5.91 Å². The van der Waals surface area contributed by atoms with Crippen LogP contribution in [-0.4, -0.2) is 50.6 Å². The highest BCUT2D eigenvalue weighted by Crippen LogP contribution is 2.14. The number of ether oxygens (including phenoxy) is 1. The first kappa shape index (κ1) is 25.7. The Balaban J connectivity index is 0.00000450. The van der Waals surface area contributed by atoms with Gasteiger partial charge in [-0.25, -0.2) is 4.99 Å². The number of benzene rings is 2. The van der Waals surface area contributed by atoms with Gasteiger partial charge in [0.1, 0.15) is 5.75 Å². The molecule has 164 valence electrons. The molecule has 0 radical (unpaired) electrons. The van der Waals surface area contributed by atoms with Crippen LogP contribution in [0.3, 0.4) is 0 Å². The van der Waals surface area contributed by atoms with Crippen LogP contribution < -0.4 is 15.4 Å². The average Bonchev–Trinajstić information content (AvgIpc) is 2.72. The fourth-order valence-electron chi connectivity index (χ4n) is 2.86. The van der Waals surface area contributed by atoms with Crippen LogP contribution >= 0.6 is 24.0 Å². The summed E-state index contributed by atoms with van der Waals surface area (Å²) in [5, 5.41) is 6.63. The minimum Gasteiger partial charge on any atom is -0.494 e. The first-order valence-electron chi connectivity index (χ1n) is 10.1. The summed E-state index contributed by atoms with van der Waals surface area (Å²) in [6.45, 7) is 6.76. The van der Waals surface area contributed by atoms with E-state index in [1.165, 1.54) is 0 Å². The van der Waals surface area contributed by atoms with Crippen LogP contribution in [0.15, 0.2) is 53.5 Å². The molecule has 2 aromatic rings. The van der Waals surface area contributed by atoms with E-state index in [1.807, 2.05) is 62.4 Å². The number of carbonyl (C=O) groups is 1. The number of nitrogens with zero attached hydrogens (tertiary/aromatic N) is 2. The summed E-state index contributed by atoms with van der Waals surface area (Å²) in [5.74, 6) is 1.66. The fourth-order valence-corrected chi connectivity index (χ4v) is 2.86. The van der Waals surface area contributed by atoms with Crippen LogP contribution in [0.25, 0.3) is 0 Å². The zero-order chi connectivity index (χ0) is 21.1. The highest BCUT2D eigenvalue weighted by Gasteiger charge is 2.08. The third-order valence-corrected chi connectivity index (χ3v) is 4.26. The summed E-state index contributed by atoms with van der Waals surface area (Å²) in [6.07, 6.45) is 0.804. The lowest BCUT2D eigenvalue weighted by Gasteiger charge is -2.13. The van der Waals surface area contributed by atoms with Gasteiger partial charge in [-0.2, -0.15) is 0 Å². The number of halogens is 1. The molecule has 0 atom stereocenters. The van der Waals surface area contributed by atoms with Crippen LogP contribution in [0.5, 0.6) is 5.75 Å². The quantitative estimate of drug-likeness (QED) is 0.298. The van der Waals surface area contributed by atoms with E-state index >= 15 is 0 Å². The normalized spacial score (nSPS) is 10.7. The Hall–Kier alpha value is -2.29. The van der Waals surface area contributed by atoms with Gasteiger partial charge in [-0.3, -0.25) is 4.79 Å². The van der Waals surface area contributed by atoms with Crippen molar-refractivity contribution in [2.75, 3.05) is 33.8 Å². The molecule has 0 aliphatic heterocycles. The van der Waals surface area contributed by atoms with Crippen LogP contribution in [0.2, 0.25) is 0 Å². The van der Waals surface area contributed by atoms with Gasteiger partial charge in [0.05, 0.1) is 13.2 Å². The van der Waals surface area contributed by atoms with Crippen LogP contribution in [-0.2, 0) is 13.0 Å². The first-order valence-corrected chi connectivity index (χ1v) is 10.1. The molecule has 6 nitrogen and oxygen atoms in total. The summed E-state index contributed by atoms with van der Waals surface area (Å²) >= 11 is 0. The van der Waals surface area contributed by atoms with Crippen molar-refractivity contribution in [2.24, 2.45) is 4.99 Å². The molecule has 0 aliphatic carbocycles. The topological polar surface area (TPSA) is 66.0 Å². The predicted molar refractivity (Wildman–Crippen MR) is 134 cm³/mol. The van der Waals surface area contributed by atoms with Crippen molar-refractivity contribution in [1.29, 1.82) is 0 Å². The number of hydrogen-bond acceptors (Lipinski definition) is 3. The summed E-state index contributed by atoms with van der Waals surface area (Å²) in [4.78, 5) is 18.4. The minimum absolute atomic E-state index is 0. The van der Waals surface area contributed by atoms with E-state index in [9.17, 15) is 4.79 Å². The Kier molecular flexibility index (Phi) is 11.9. The molecule has 0 fully saturated rings. The molecule has 7 heteroatoms. The Labute approximate surface area is 197 Å². The molecule has 2 rings (SSSR count). The van der Waals surface area contributed by atoms with Crippen LogP contribution in [0, 0.1) is 0 Å². The average molecular weight is 524 g/mol.